The zero-order chi connectivity index (χ0) is 13.9. The highest BCUT2D eigenvalue weighted by molar-refractivity contribution is 7.88. The van der Waals surface area contributed by atoms with Crippen molar-refractivity contribution in [2.45, 2.75) is 0 Å². The van der Waals surface area contributed by atoms with Crippen LogP contribution >= 0.6 is 0 Å². The smallest absolute Gasteiger partial charge is 0.236 e. The highest BCUT2D eigenvalue weighted by Crippen LogP contribution is 2.07. The molecule has 19 heavy (non-hydrogen) atoms. The molecule has 1 N–H and O–H groups in total. The lowest BCUT2D eigenvalue weighted by molar-refractivity contribution is -0.133. The molecule has 0 aromatic heterocycles. The molecule has 0 atom stereocenters. The van der Waals surface area contributed by atoms with Crippen LogP contribution in [0.15, 0.2) is 0 Å². The number of carbonyl (C=O) groups excluding carboxylic acids is 1. The lowest BCUT2D eigenvalue weighted by Gasteiger charge is -2.35. The van der Waals surface area contributed by atoms with Crippen molar-refractivity contribution in [1.82, 2.24) is 19.4 Å². The van der Waals surface area contributed by atoms with E-state index in [1.54, 1.807) is 4.90 Å². The maximum Gasteiger partial charge on any atom is 0.236 e. The number of rotatable bonds is 3. The fourth-order valence-electron chi connectivity index (χ4n) is 2.43. The number of nitrogens with one attached hydrogen (secondary N) is 1. The number of sulfonamides is 1. The Bertz CT molecular complexity index is 412. The standard InChI is InChI=1S/C11H22N4O3S/c1-19(17,18)15-8-6-14(7-9-15)11(16)10-13-4-2-12-3-5-13/h12H,2-10H2,1H3. The Balaban J connectivity index is 1.79. The molecule has 2 heterocycles. The number of nitrogens with zero attached hydrogens (tertiary/aromatic N) is 3. The van der Waals surface area contributed by atoms with E-state index < -0.39 is 10.0 Å². The molecule has 2 aliphatic rings. The van der Waals surface area contributed by atoms with Gasteiger partial charge in [-0.15, -0.1) is 0 Å². The summed E-state index contributed by atoms with van der Waals surface area (Å²) < 4.78 is 24.2. The summed E-state index contributed by atoms with van der Waals surface area (Å²) in [4.78, 5) is 16.0. The van der Waals surface area contributed by atoms with Crippen LogP contribution in [0.25, 0.3) is 0 Å². The Labute approximate surface area is 114 Å². The molecule has 1 amide bonds. The zero-order valence-corrected chi connectivity index (χ0v) is 12.2. The first kappa shape index (κ1) is 14.7. The summed E-state index contributed by atoms with van der Waals surface area (Å²) in [6.07, 6.45) is 1.21. The van der Waals surface area contributed by atoms with E-state index in [1.807, 2.05) is 0 Å². The highest BCUT2D eigenvalue weighted by atomic mass is 32.2. The molecule has 0 unspecified atom stereocenters. The second-order valence-corrected chi connectivity index (χ2v) is 7.05. The van der Waals surface area contributed by atoms with Crippen LogP contribution in [0, 0.1) is 0 Å². The van der Waals surface area contributed by atoms with Gasteiger partial charge in [0.25, 0.3) is 0 Å². The van der Waals surface area contributed by atoms with Crippen molar-refractivity contribution < 1.29 is 13.2 Å². The maximum absolute atomic E-state index is 12.1. The molecule has 0 aromatic rings. The molecule has 0 spiro atoms. The average molecular weight is 290 g/mol. The highest BCUT2D eigenvalue weighted by Gasteiger charge is 2.26. The summed E-state index contributed by atoms with van der Waals surface area (Å²) in [5, 5.41) is 3.25. The summed E-state index contributed by atoms with van der Waals surface area (Å²) >= 11 is 0. The van der Waals surface area contributed by atoms with Crippen LogP contribution in [-0.4, -0.2) is 93.6 Å². The Hall–Kier alpha value is -0.700. The number of hydrogen-bond acceptors (Lipinski definition) is 5. The van der Waals surface area contributed by atoms with Crippen molar-refractivity contribution >= 4 is 15.9 Å². The van der Waals surface area contributed by atoms with Gasteiger partial charge in [-0.3, -0.25) is 9.69 Å². The summed E-state index contributed by atoms with van der Waals surface area (Å²) in [6.45, 7) is 5.91. The number of amides is 1. The van der Waals surface area contributed by atoms with E-state index in [9.17, 15) is 13.2 Å². The van der Waals surface area contributed by atoms with Gasteiger partial charge in [0.1, 0.15) is 0 Å². The van der Waals surface area contributed by atoms with Crippen LogP contribution in [0.4, 0.5) is 0 Å². The maximum atomic E-state index is 12.1. The summed E-state index contributed by atoms with van der Waals surface area (Å²) in [5.41, 5.74) is 0. The van der Waals surface area contributed by atoms with E-state index in [2.05, 4.69) is 10.2 Å². The molecule has 0 aromatic carbocycles. The topological polar surface area (TPSA) is 73.0 Å². The van der Waals surface area contributed by atoms with Crippen LogP contribution in [-0.2, 0) is 14.8 Å². The Kier molecular flexibility index (Phi) is 4.77. The van der Waals surface area contributed by atoms with E-state index in [4.69, 9.17) is 0 Å². The van der Waals surface area contributed by atoms with E-state index in [0.717, 1.165) is 26.2 Å². The second kappa shape index (κ2) is 6.17. The summed E-state index contributed by atoms with van der Waals surface area (Å²) in [6, 6.07) is 0. The third-order valence-electron chi connectivity index (χ3n) is 3.63. The first-order valence-electron chi connectivity index (χ1n) is 6.63. The molecule has 110 valence electrons. The van der Waals surface area contributed by atoms with Crippen LogP contribution in [0.5, 0.6) is 0 Å². The molecular formula is C11H22N4O3S. The van der Waals surface area contributed by atoms with Crippen molar-refractivity contribution in [3.05, 3.63) is 0 Å². The monoisotopic (exact) mass is 290 g/mol. The van der Waals surface area contributed by atoms with Gasteiger partial charge >= 0.3 is 0 Å². The number of hydrogen-bond donors (Lipinski definition) is 1. The SMILES string of the molecule is CS(=O)(=O)N1CCN(C(=O)CN2CCNCC2)CC1. The fourth-order valence-corrected chi connectivity index (χ4v) is 3.26. The van der Waals surface area contributed by atoms with Gasteiger partial charge in [0.2, 0.25) is 15.9 Å². The van der Waals surface area contributed by atoms with Gasteiger partial charge in [-0.05, 0) is 0 Å². The summed E-state index contributed by atoms with van der Waals surface area (Å²) in [7, 11) is -3.13. The van der Waals surface area contributed by atoms with Crippen molar-refractivity contribution in [2.24, 2.45) is 0 Å². The van der Waals surface area contributed by atoms with Crippen LogP contribution in [0.1, 0.15) is 0 Å². The van der Waals surface area contributed by atoms with Crippen LogP contribution in [0.3, 0.4) is 0 Å². The fraction of sp³-hybridized carbons (Fsp3) is 0.909. The lowest BCUT2D eigenvalue weighted by atomic mass is 10.3. The van der Waals surface area contributed by atoms with E-state index in [1.165, 1.54) is 10.6 Å². The first-order valence-corrected chi connectivity index (χ1v) is 8.47. The number of carbonyl (C=O) groups is 1. The molecule has 2 aliphatic heterocycles. The molecular weight excluding hydrogens is 268 g/mol. The minimum absolute atomic E-state index is 0.107. The molecule has 0 bridgehead atoms. The van der Waals surface area contributed by atoms with Crippen molar-refractivity contribution in [3.63, 3.8) is 0 Å². The third kappa shape index (κ3) is 4.13. The molecule has 2 fully saturated rings. The Morgan fingerprint density at radius 3 is 2.16 bits per heavy atom. The second-order valence-electron chi connectivity index (χ2n) is 5.07. The first-order chi connectivity index (χ1) is 8.97. The van der Waals surface area contributed by atoms with E-state index >= 15 is 0 Å². The van der Waals surface area contributed by atoms with Gasteiger partial charge in [-0.25, -0.2) is 8.42 Å². The Morgan fingerprint density at radius 2 is 1.63 bits per heavy atom. The Morgan fingerprint density at radius 1 is 1.05 bits per heavy atom. The zero-order valence-electron chi connectivity index (χ0n) is 11.3. The van der Waals surface area contributed by atoms with Gasteiger partial charge in [0, 0.05) is 52.4 Å². The van der Waals surface area contributed by atoms with Crippen molar-refractivity contribution in [2.75, 3.05) is 65.2 Å². The molecule has 0 aliphatic carbocycles. The van der Waals surface area contributed by atoms with Gasteiger partial charge < -0.3 is 10.2 Å². The summed E-state index contributed by atoms with van der Waals surface area (Å²) in [5.74, 6) is 0.107. The molecule has 8 heteroatoms. The molecule has 0 saturated carbocycles. The van der Waals surface area contributed by atoms with E-state index in [-0.39, 0.29) is 5.91 Å². The quantitative estimate of drug-likeness (QED) is 0.650. The predicted molar refractivity (Wildman–Crippen MR) is 72.3 cm³/mol. The number of piperazine rings is 2. The van der Waals surface area contributed by atoms with Crippen molar-refractivity contribution in [3.8, 4) is 0 Å². The van der Waals surface area contributed by atoms with Crippen molar-refractivity contribution in [1.29, 1.82) is 0 Å². The van der Waals surface area contributed by atoms with E-state index in [0.29, 0.717) is 32.7 Å². The molecule has 7 nitrogen and oxygen atoms in total. The lowest BCUT2D eigenvalue weighted by Crippen LogP contribution is -2.54. The van der Waals surface area contributed by atoms with Gasteiger partial charge in [0.15, 0.2) is 0 Å². The molecule has 2 rings (SSSR count). The average Bonchev–Trinajstić information content (AvgIpc) is 2.39. The minimum Gasteiger partial charge on any atom is -0.339 e. The molecule has 0 radical (unpaired) electrons. The normalized spacial score (nSPS) is 23.5. The van der Waals surface area contributed by atoms with Crippen LogP contribution < -0.4 is 5.32 Å². The third-order valence-corrected chi connectivity index (χ3v) is 4.93. The largest absolute Gasteiger partial charge is 0.339 e. The molecule has 2 saturated heterocycles. The van der Waals surface area contributed by atoms with Gasteiger partial charge in [-0.2, -0.15) is 4.31 Å². The van der Waals surface area contributed by atoms with Gasteiger partial charge in [-0.1, -0.05) is 0 Å². The van der Waals surface area contributed by atoms with Crippen LogP contribution in [0.2, 0.25) is 0 Å². The minimum atomic E-state index is -3.13. The predicted octanol–water partition coefficient (Wildman–Crippen LogP) is -2.00. The van der Waals surface area contributed by atoms with Gasteiger partial charge in [0.05, 0.1) is 12.8 Å².